The highest BCUT2D eigenvalue weighted by Gasteiger charge is 2.25. The highest BCUT2D eigenvalue weighted by atomic mass is 32.2. The second-order valence-electron chi connectivity index (χ2n) is 4.71. The van der Waals surface area contributed by atoms with Gasteiger partial charge in [-0.25, -0.2) is 13.1 Å². The number of nitrogens with one attached hydrogen (secondary N) is 2. The highest BCUT2D eigenvalue weighted by molar-refractivity contribution is 7.90. The van der Waals surface area contributed by atoms with Crippen LogP contribution in [0.15, 0.2) is 23.1 Å². The van der Waals surface area contributed by atoms with Crippen LogP contribution in [0.3, 0.4) is 0 Å². The Bertz CT molecular complexity index is 689. The van der Waals surface area contributed by atoms with Crippen molar-refractivity contribution in [1.82, 2.24) is 4.72 Å². The molecule has 0 aromatic heterocycles. The number of carbonyl (C=O) groups is 1. The number of benzene rings is 1. The Kier molecular flexibility index (Phi) is 6.46. The maximum atomic E-state index is 12.3. The molecule has 0 aliphatic rings. The second-order valence-corrected chi connectivity index (χ2v) is 6.36. The van der Waals surface area contributed by atoms with E-state index < -0.39 is 27.0 Å². The number of methoxy groups -OCH3 is 1. The van der Waals surface area contributed by atoms with E-state index >= 15 is 0 Å². The smallest absolute Gasteiger partial charge is 0.271 e. The minimum Gasteiger partial charge on any atom is -0.384 e. The molecule has 128 valence electrons. The highest BCUT2D eigenvalue weighted by Crippen LogP contribution is 2.26. The predicted octanol–water partition coefficient (Wildman–Crippen LogP) is 1.26. The standard InChI is InChI=1S/C13H19N3O6S/c1-4-7-14-11-8-10(16(18)19)5-6-12(11)23(20,21)15-13(17)9(2)22-3/h5-6,8-9,14H,4,7H2,1-3H3,(H,15,17). The van der Waals surface area contributed by atoms with Gasteiger partial charge >= 0.3 is 0 Å². The number of carbonyl (C=O) groups excluding carboxylic acids is 1. The summed E-state index contributed by atoms with van der Waals surface area (Å²) in [4.78, 5) is 21.7. The van der Waals surface area contributed by atoms with Crippen molar-refractivity contribution in [2.75, 3.05) is 19.0 Å². The van der Waals surface area contributed by atoms with Gasteiger partial charge in [-0.3, -0.25) is 14.9 Å². The van der Waals surface area contributed by atoms with E-state index in [2.05, 4.69) is 5.32 Å². The fraction of sp³-hybridized carbons (Fsp3) is 0.462. The van der Waals surface area contributed by atoms with Crippen molar-refractivity contribution < 1.29 is 22.9 Å². The zero-order valence-corrected chi connectivity index (χ0v) is 13.8. The van der Waals surface area contributed by atoms with Gasteiger partial charge in [0.15, 0.2) is 0 Å². The summed E-state index contributed by atoms with van der Waals surface area (Å²) in [6, 6.07) is 3.27. The number of nitro groups is 1. The van der Waals surface area contributed by atoms with Gasteiger partial charge in [0.2, 0.25) is 0 Å². The van der Waals surface area contributed by atoms with Gasteiger partial charge in [-0.05, 0) is 19.4 Å². The molecule has 0 aliphatic heterocycles. The number of ether oxygens (including phenoxy) is 1. The molecule has 0 saturated heterocycles. The van der Waals surface area contributed by atoms with E-state index in [4.69, 9.17) is 4.74 Å². The first kappa shape index (κ1) is 18.8. The number of anilines is 1. The van der Waals surface area contributed by atoms with E-state index in [-0.39, 0.29) is 16.3 Å². The van der Waals surface area contributed by atoms with Gasteiger partial charge in [0.05, 0.1) is 10.6 Å². The van der Waals surface area contributed by atoms with E-state index in [1.165, 1.54) is 14.0 Å². The normalized spacial score (nSPS) is 12.5. The van der Waals surface area contributed by atoms with Crippen LogP contribution in [0.2, 0.25) is 0 Å². The van der Waals surface area contributed by atoms with Crippen molar-refractivity contribution in [3.05, 3.63) is 28.3 Å². The van der Waals surface area contributed by atoms with Crippen LogP contribution in [0.4, 0.5) is 11.4 Å². The minimum atomic E-state index is -4.18. The largest absolute Gasteiger partial charge is 0.384 e. The first-order chi connectivity index (χ1) is 10.7. The van der Waals surface area contributed by atoms with Crippen LogP contribution in [-0.4, -0.2) is 39.0 Å². The second kappa shape index (κ2) is 7.88. The molecule has 9 nitrogen and oxygen atoms in total. The third-order valence-corrected chi connectivity index (χ3v) is 4.39. The number of non-ortho nitro benzene ring substituents is 1. The van der Waals surface area contributed by atoms with E-state index in [0.717, 1.165) is 18.2 Å². The molecule has 1 aromatic carbocycles. The Morgan fingerprint density at radius 1 is 1.43 bits per heavy atom. The molecule has 0 aliphatic carbocycles. The molecule has 0 saturated carbocycles. The number of sulfonamides is 1. The van der Waals surface area contributed by atoms with Gasteiger partial charge < -0.3 is 10.1 Å². The van der Waals surface area contributed by atoms with E-state index in [1.54, 1.807) is 0 Å². The fourth-order valence-corrected chi connectivity index (χ4v) is 2.85. The average molecular weight is 345 g/mol. The van der Waals surface area contributed by atoms with Crippen LogP contribution in [0, 0.1) is 10.1 Å². The van der Waals surface area contributed by atoms with Crippen LogP contribution in [0.5, 0.6) is 0 Å². The van der Waals surface area contributed by atoms with Gasteiger partial charge in [-0.15, -0.1) is 0 Å². The molecule has 2 N–H and O–H groups in total. The lowest BCUT2D eigenvalue weighted by Crippen LogP contribution is -2.38. The van der Waals surface area contributed by atoms with Crippen LogP contribution < -0.4 is 10.0 Å². The molecule has 0 heterocycles. The maximum Gasteiger partial charge on any atom is 0.271 e. The van der Waals surface area contributed by atoms with E-state index in [0.29, 0.717) is 13.0 Å². The van der Waals surface area contributed by atoms with Crippen molar-refractivity contribution in [2.24, 2.45) is 0 Å². The van der Waals surface area contributed by atoms with Crippen LogP contribution >= 0.6 is 0 Å². The number of nitrogens with zero attached hydrogens (tertiary/aromatic N) is 1. The van der Waals surface area contributed by atoms with E-state index in [9.17, 15) is 23.3 Å². The van der Waals surface area contributed by atoms with Crippen LogP contribution in [0.1, 0.15) is 20.3 Å². The van der Waals surface area contributed by atoms with Crippen LogP contribution in [-0.2, 0) is 19.6 Å². The summed E-state index contributed by atoms with van der Waals surface area (Å²) in [6.07, 6.45) is -0.259. The topological polar surface area (TPSA) is 128 Å². The van der Waals surface area contributed by atoms with Gasteiger partial charge in [0.25, 0.3) is 21.6 Å². The van der Waals surface area contributed by atoms with E-state index in [1.807, 2.05) is 11.6 Å². The summed E-state index contributed by atoms with van der Waals surface area (Å²) in [5, 5.41) is 13.7. The summed E-state index contributed by atoms with van der Waals surface area (Å²) < 4.78 is 31.3. The lowest BCUT2D eigenvalue weighted by Gasteiger charge is -2.14. The molecular weight excluding hydrogens is 326 g/mol. The lowest BCUT2D eigenvalue weighted by atomic mass is 10.2. The van der Waals surface area contributed by atoms with Crippen molar-refractivity contribution in [2.45, 2.75) is 31.3 Å². The number of nitro benzene ring substituents is 1. The van der Waals surface area contributed by atoms with Crippen molar-refractivity contribution in [3.63, 3.8) is 0 Å². The summed E-state index contributed by atoms with van der Waals surface area (Å²) in [5.74, 6) is -0.827. The molecule has 1 aromatic rings. The Morgan fingerprint density at radius 3 is 2.61 bits per heavy atom. The fourth-order valence-electron chi connectivity index (χ4n) is 1.64. The monoisotopic (exact) mass is 345 g/mol. The van der Waals surface area contributed by atoms with Crippen molar-refractivity contribution in [1.29, 1.82) is 0 Å². The maximum absolute atomic E-state index is 12.3. The van der Waals surface area contributed by atoms with Gasteiger partial charge in [-0.1, -0.05) is 6.92 Å². The Hall–Kier alpha value is -2.20. The number of amides is 1. The Balaban J connectivity index is 3.22. The molecule has 23 heavy (non-hydrogen) atoms. The predicted molar refractivity (Wildman–Crippen MR) is 83.7 cm³/mol. The quantitative estimate of drug-likeness (QED) is 0.536. The molecule has 1 unspecified atom stereocenters. The van der Waals surface area contributed by atoms with Crippen LogP contribution in [0.25, 0.3) is 0 Å². The molecule has 0 fully saturated rings. The Labute approximate surface area is 134 Å². The minimum absolute atomic E-state index is 0.0615. The average Bonchev–Trinajstić information content (AvgIpc) is 2.51. The summed E-state index contributed by atoms with van der Waals surface area (Å²) in [5.41, 5.74) is -0.189. The first-order valence-corrected chi connectivity index (χ1v) is 8.33. The number of hydrogen-bond donors (Lipinski definition) is 2. The third kappa shape index (κ3) is 4.89. The first-order valence-electron chi connectivity index (χ1n) is 6.84. The zero-order chi connectivity index (χ0) is 17.6. The SMILES string of the molecule is CCCNc1cc([N+](=O)[O-])ccc1S(=O)(=O)NC(=O)C(C)OC. The molecule has 0 radical (unpaired) electrons. The molecule has 1 atom stereocenters. The molecule has 10 heteroatoms. The molecule has 0 spiro atoms. The number of hydrogen-bond acceptors (Lipinski definition) is 7. The summed E-state index contributed by atoms with van der Waals surface area (Å²) >= 11 is 0. The zero-order valence-electron chi connectivity index (χ0n) is 13.0. The summed E-state index contributed by atoms with van der Waals surface area (Å²) in [7, 11) is -2.91. The van der Waals surface area contributed by atoms with Crippen molar-refractivity contribution in [3.8, 4) is 0 Å². The van der Waals surface area contributed by atoms with Crippen molar-refractivity contribution >= 4 is 27.3 Å². The lowest BCUT2D eigenvalue weighted by molar-refractivity contribution is -0.384. The molecule has 1 amide bonds. The third-order valence-electron chi connectivity index (χ3n) is 2.99. The molecule has 1 rings (SSSR count). The molecule has 0 bridgehead atoms. The van der Waals surface area contributed by atoms with Gasteiger partial charge in [0, 0.05) is 25.8 Å². The van der Waals surface area contributed by atoms with Gasteiger partial charge in [-0.2, -0.15) is 0 Å². The Morgan fingerprint density at radius 2 is 2.09 bits per heavy atom. The number of rotatable bonds is 8. The molecular formula is C13H19N3O6S. The van der Waals surface area contributed by atoms with Gasteiger partial charge in [0.1, 0.15) is 11.0 Å². The summed E-state index contributed by atoms with van der Waals surface area (Å²) in [6.45, 7) is 3.68.